The molecule has 76 valence electrons. The van der Waals surface area contributed by atoms with Gasteiger partial charge in [-0.25, -0.2) is 0 Å². The van der Waals surface area contributed by atoms with Gasteiger partial charge < -0.3 is 5.11 Å². The van der Waals surface area contributed by atoms with Gasteiger partial charge in [-0.05, 0) is 43.9 Å². The zero-order valence-electron chi connectivity index (χ0n) is 8.55. The molecule has 2 heteroatoms. The lowest BCUT2D eigenvalue weighted by Crippen LogP contribution is -2.22. The van der Waals surface area contributed by atoms with Gasteiger partial charge in [-0.15, -0.1) is 0 Å². The topological polar surface area (TPSA) is 20.2 Å². The van der Waals surface area contributed by atoms with Crippen LogP contribution in [0.1, 0.15) is 30.9 Å². The fourth-order valence-electron chi connectivity index (χ4n) is 1.98. The molecule has 1 atom stereocenters. The summed E-state index contributed by atoms with van der Waals surface area (Å²) in [6.07, 6.45) is 1.98. The van der Waals surface area contributed by atoms with Crippen LogP contribution in [-0.4, -0.2) is 11.2 Å². The Morgan fingerprint density at radius 2 is 2.07 bits per heavy atom. The summed E-state index contributed by atoms with van der Waals surface area (Å²) in [4.78, 5) is 0. The van der Waals surface area contributed by atoms with Gasteiger partial charge in [0.1, 0.15) is 0 Å². The molecule has 1 saturated carbocycles. The van der Waals surface area contributed by atoms with E-state index in [0.717, 1.165) is 17.3 Å². The molecular weight excluding hydrogens is 240 g/mol. The predicted molar refractivity (Wildman–Crippen MR) is 61.5 cm³/mol. The van der Waals surface area contributed by atoms with Crippen molar-refractivity contribution in [2.75, 3.05) is 0 Å². The summed E-state index contributed by atoms with van der Waals surface area (Å²) in [5.74, 6) is 0. The van der Waals surface area contributed by atoms with E-state index in [1.807, 2.05) is 6.92 Å². The van der Waals surface area contributed by atoms with Crippen molar-refractivity contribution in [3.8, 4) is 0 Å². The Balaban J connectivity index is 2.38. The minimum Gasteiger partial charge on any atom is -0.392 e. The van der Waals surface area contributed by atoms with Crippen molar-refractivity contribution in [1.29, 1.82) is 0 Å². The highest BCUT2D eigenvalue weighted by atomic mass is 79.9. The van der Waals surface area contributed by atoms with Crippen LogP contribution in [0.2, 0.25) is 0 Å². The van der Waals surface area contributed by atoms with E-state index in [0.29, 0.717) is 0 Å². The van der Waals surface area contributed by atoms with Crippen LogP contribution >= 0.6 is 15.9 Å². The zero-order chi connectivity index (χ0) is 10.3. The number of rotatable bonds is 2. The van der Waals surface area contributed by atoms with Crippen molar-refractivity contribution < 1.29 is 5.11 Å². The van der Waals surface area contributed by atoms with Crippen LogP contribution in [0.4, 0.5) is 0 Å². The number of halogens is 1. The number of hydrogen-bond acceptors (Lipinski definition) is 1. The lowest BCUT2D eigenvalue weighted by atomic mass is 9.90. The second-order valence-electron chi connectivity index (χ2n) is 4.30. The summed E-state index contributed by atoms with van der Waals surface area (Å²) in [7, 11) is 0. The average molecular weight is 255 g/mol. The number of aliphatic hydroxyl groups excluding tert-OH is 1. The molecule has 0 bridgehead atoms. The van der Waals surface area contributed by atoms with Crippen molar-refractivity contribution >= 4 is 15.9 Å². The fraction of sp³-hybridized carbons (Fsp3) is 0.500. The minimum atomic E-state index is -0.239. The second-order valence-corrected chi connectivity index (χ2v) is 5.15. The number of hydrogen-bond donors (Lipinski definition) is 1. The Bertz CT molecular complexity index is 353. The lowest BCUT2D eigenvalue weighted by Gasteiger charge is -2.19. The molecule has 0 aliphatic heterocycles. The van der Waals surface area contributed by atoms with Crippen LogP contribution in [0.3, 0.4) is 0 Å². The highest BCUT2D eigenvalue weighted by Gasteiger charge is 2.48. The van der Waals surface area contributed by atoms with Crippen molar-refractivity contribution in [3.05, 3.63) is 33.8 Å². The van der Waals surface area contributed by atoms with Crippen molar-refractivity contribution in [1.82, 2.24) is 0 Å². The van der Waals surface area contributed by atoms with Crippen LogP contribution in [0.5, 0.6) is 0 Å². The summed E-state index contributed by atoms with van der Waals surface area (Å²) < 4.78 is 1.14. The van der Waals surface area contributed by atoms with Crippen LogP contribution in [-0.2, 0) is 5.41 Å². The Hall–Kier alpha value is -0.340. The lowest BCUT2D eigenvalue weighted by molar-refractivity contribution is 0.150. The SMILES string of the molecule is Cc1ccc(C2(C(C)O)CC2)cc1Br. The molecule has 1 aromatic carbocycles. The maximum absolute atomic E-state index is 9.74. The first kappa shape index (κ1) is 10.2. The van der Waals surface area contributed by atoms with Gasteiger partial charge in [0.05, 0.1) is 6.10 Å². The Labute approximate surface area is 93.3 Å². The smallest absolute Gasteiger partial charge is 0.0608 e. The monoisotopic (exact) mass is 254 g/mol. The predicted octanol–water partition coefficient (Wildman–Crippen LogP) is 3.17. The average Bonchev–Trinajstić information content (AvgIpc) is 2.90. The molecule has 0 heterocycles. The first-order valence-electron chi connectivity index (χ1n) is 5.01. The maximum atomic E-state index is 9.74. The van der Waals surface area contributed by atoms with Crippen molar-refractivity contribution in [2.24, 2.45) is 0 Å². The van der Waals surface area contributed by atoms with Crippen LogP contribution in [0.25, 0.3) is 0 Å². The molecule has 2 rings (SSSR count). The molecule has 14 heavy (non-hydrogen) atoms. The molecule has 0 spiro atoms. The first-order chi connectivity index (χ1) is 6.56. The quantitative estimate of drug-likeness (QED) is 0.860. The molecule has 0 aromatic heterocycles. The van der Waals surface area contributed by atoms with Crippen LogP contribution in [0.15, 0.2) is 22.7 Å². The third kappa shape index (κ3) is 1.51. The number of aryl methyl sites for hydroxylation is 1. The Kier molecular flexibility index (Phi) is 2.44. The van der Waals surface area contributed by atoms with E-state index < -0.39 is 0 Å². The third-order valence-electron chi connectivity index (χ3n) is 3.34. The van der Waals surface area contributed by atoms with Gasteiger partial charge in [-0.3, -0.25) is 0 Å². The molecule has 0 radical (unpaired) electrons. The molecule has 0 saturated heterocycles. The highest BCUT2D eigenvalue weighted by Crippen LogP contribution is 2.51. The van der Waals surface area contributed by atoms with E-state index in [9.17, 15) is 5.11 Å². The van der Waals surface area contributed by atoms with Gasteiger partial charge in [-0.2, -0.15) is 0 Å². The summed E-state index contributed by atoms with van der Waals surface area (Å²) in [5.41, 5.74) is 2.57. The molecule has 1 unspecified atom stereocenters. The van der Waals surface area contributed by atoms with Crippen LogP contribution < -0.4 is 0 Å². The van der Waals surface area contributed by atoms with E-state index in [4.69, 9.17) is 0 Å². The number of aliphatic hydroxyl groups is 1. The first-order valence-corrected chi connectivity index (χ1v) is 5.80. The molecule has 1 aromatic rings. The van der Waals surface area contributed by atoms with Gasteiger partial charge >= 0.3 is 0 Å². The molecular formula is C12H15BrO. The molecule has 1 aliphatic carbocycles. The van der Waals surface area contributed by atoms with Gasteiger partial charge in [0.15, 0.2) is 0 Å². The molecule has 1 fully saturated rings. The normalized spacial score (nSPS) is 20.6. The van der Waals surface area contributed by atoms with E-state index >= 15 is 0 Å². The summed E-state index contributed by atoms with van der Waals surface area (Å²) >= 11 is 3.53. The third-order valence-corrected chi connectivity index (χ3v) is 4.19. The van der Waals surface area contributed by atoms with E-state index in [1.54, 1.807) is 0 Å². The standard InChI is InChI=1S/C12H15BrO/c1-8-3-4-10(7-11(8)13)12(5-6-12)9(2)14/h3-4,7,9,14H,5-6H2,1-2H3. The number of benzene rings is 1. The van der Waals surface area contributed by atoms with Gasteiger partial charge in [0.25, 0.3) is 0 Å². The molecule has 1 nitrogen and oxygen atoms in total. The van der Waals surface area contributed by atoms with Gasteiger partial charge in [0, 0.05) is 9.89 Å². The Morgan fingerprint density at radius 3 is 2.50 bits per heavy atom. The van der Waals surface area contributed by atoms with Gasteiger partial charge in [-0.1, -0.05) is 28.1 Å². The molecule has 1 aliphatic rings. The van der Waals surface area contributed by atoms with E-state index in [1.165, 1.54) is 11.1 Å². The summed E-state index contributed by atoms with van der Waals surface area (Å²) in [6, 6.07) is 6.40. The van der Waals surface area contributed by atoms with Gasteiger partial charge in [0.2, 0.25) is 0 Å². The largest absolute Gasteiger partial charge is 0.392 e. The highest BCUT2D eigenvalue weighted by molar-refractivity contribution is 9.10. The molecule has 1 N–H and O–H groups in total. The second kappa shape index (κ2) is 3.35. The van der Waals surface area contributed by atoms with Crippen LogP contribution in [0, 0.1) is 6.92 Å². The summed E-state index contributed by atoms with van der Waals surface area (Å²) in [6.45, 7) is 3.97. The minimum absolute atomic E-state index is 0.0518. The van der Waals surface area contributed by atoms with Crippen molar-refractivity contribution in [2.45, 2.75) is 38.2 Å². The van der Waals surface area contributed by atoms with Crippen molar-refractivity contribution in [3.63, 3.8) is 0 Å². The molecule has 0 amide bonds. The summed E-state index contributed by atoms with van der Waals surface area (Å²) in [5, 5.41) is 9.74. The Morgan fingerprint density at radius 1 is 1.43 bits per heavy atom. The van der Waals surface area contributed by atoms with E-state index in [2.05, 4.69) is 41.1 Å². The van der Waals surface area contributed by atoms with E-state index in [-0.39, 0.29) is 11.5 Å². The maximum Gasteiger partial charge on any atom is 0.0608 e. The zero-order valence-corrected chi connectivity index (χ0v) is 10.1. The fourth-order valence-corrected chi connectivity index (χ4v) is 2.36.